The summed E-state index contributed by atoms with van der Waals surface area (Å²) in [7, 11) is 0. The number of thioether (sulfide) groups is 2. The Bertz CT molecular complexity index is 774. The number of thiophene rings is 1. The number of fused-ring (bicyclic) bond motifs is 3. The van der Waals surface area contributed by atoms with Crippen LogP contribution in [0, 0.1) is 0 Å². The lowest BCUT2D eigenvalue weighted by Crippen LogP contribution is -2.30. The van der Waals surface area contributed by atoms with Gasteiger partial charge in [-0.15, -0.1) is 11.3 Å². The third kappa shape index (κ3) is 3.87. The zero-order valence-electron chi connectivity index (χ0n) is 13.9. The predicted octanol–water partition coefficient (Wildman–Crippen LogP) is 2.89. The fourth-order valence-electron chi connectivity index (χ4n) is 2.50. The van der Waals surface area contributed by atoms with Crippen molar-refractivity contribution < 1.29 is 14.6 Å². The molecule has 1 aliphatic rings. The fraction of sp³-hybridized carbons (Fsp3) is 0.562. The lowest BCUT2D eigenvalue weighted by molar-refractivity contribution is -0.301. The molecular formula is C16H19N2O3S3-. The third-order valence-corrected chi connectivity index (χ3v) is 6.98. The normalized spacial score (nSPS) is 16.3. The molecule has 0 atom stereocenters. The number of hydrogen-bond donors (Lipinski definition) is 0. The van der Waals surface area contributed by atoms with Crippen LogP contribution in [0.25, 0.3) is 10.2 Å². The van der Waals surface area contributed by atoms with Gasteiger partial charge in [0.2, 0.25) is 0 Å². The maximum Gasteiger partial charge on any atom is 0.189 e. The molecule has 0 bridgehead atoms. The zero-order valence-corrected chi connectivity index (χ0v) is 16.3. The first-order valence-corrected chi connectivity index (χ1v) is 10.6. The van der Waals surface area contributed by atoms with Crippen LogP contribution in [0.2, 0.25) is 0 Å². The maximum absolute atomic E-state index is 10.8. The summed E-state index contributed by atoms with van der Waals surface area (Å²) in [6.45, 7) is 6.82. The second-order valence-corrected chi connectivity index (χ2v) is 9.36. The monoisotopic (exact) mass is 383 g/mol. The van der Waals surface area contributed by atoms with Gasteiger partial charge in [0.15, 0.2) is 5.16 Å². The molecular weight excluding hydrogens is 364 g/mol. The van der Waals surface area contributed by atoms with Crippen LogP contribution in [0.1, 0.15) is 37.6 Å². The summed E-state index contributed by atoms with van der Waals surface area (Å²) >= 11 is 4.48. The molecule has 0 unspecified atom stereocenters. The molecule has 3 heterocycles. The highest BCUT2D eigenvalue weighted by Crippen LogP contribution is 2.42. The van der Waals surface area contributed by atoms with E-state index < -0.39 is 5.97 Å². The van der Waals surface area contributed by atoms with Gasteiger partial charge in [-0.2, -0.15) is 0 Å². The minimum atomic E-state index is -1.08. The maximum atomic E-state index is 10.8. The van der Waals surface area contributed by atoms with Gasteiger partial charge in [0.05, 0.1) is 28.4 Å². The molecule has 2 aromatic rings. The molecule has 0 spiro atoms. The number of ether oxygens (including phenoxy) is 1. The lowest BCUT2D eigenvalue weighted by Gasteiger charge is -2.29. The fourth-order valence-corrected chi connectivity index (χ4v) is 5.54. The number of rotatable bonds is 6. The van der Waals surface area contributed by atoms with Gasteiger partial charge in [-0.05, 0) is 20.3 Å². The molecule has 0 radical (unpaired) electrons. The first-order valence-electron chi connectivity index (χ1n) is 7.81. The molecule has 0 saturated carbocycles. The van der Waals surface area contributed by atoms with Crippen molar-refractivity contribution in [2.75, 3.05) is 11.5 Å². The molecule has 130 valence electrons. The lowest BCUT2D eigenvalue weighted by atomic mass is 9.98. The van der Waals surface area contributed by atoms with Crippen LogP contribution in [0.3, 0.4) is 0 Å². The van der Waals surface area contributed by atoms with E-state index >= 15 is 0 Å². The summed E-state index contributed by atoms with van der Waals surface area (Å²) in [4.78, 5) is 21.4. The Morgan fingerprint density at radius 1 is 1.38 bits per heavy atom. The van der Waals surface area contributed by atoms with E-state index in [1.165, 1.54) is 16.6 Å². The Kier molecular flexibility index (Phi) is 5.39. The number of aromatic nitrogens is 2. The SMILES string of the molecule is CCCSc1nc(SCC(=O)[O-])c2sc3c(c2n1)COC(C)(C)C3. The standard InChI is InChI=1S/C16H20N2O3S3/c1-4-5-22-15-17-12-9-7-21-16(2,3)6-10(9)24-13(12)14(18-15)23-8-11(19)20/h4-8H2,1-3H3,(H,19,20)/p-1. The summed E-state index contributed by atoms with van der Waals surface area (Å²) < 4.78 is 6.91. The van der Waals surface area contributed by atoms with Crippen molar-refractivity contribution in [1.29, 1.82) is 0 Å². The highest BCUT2D eigenvalue weighted by molar-refractivity contribution is 8.00. The molecule has 0 amide bonds. The largest absolute Gasteiger partial charge is 0.549 e. The van der Waals surface area contributed by atoms with Gasteiger partial charge in [0, 0.05) is 28.4 Å². The van der Waals surface area contributed by atoms with Crippen LogP contribution >= 0.6 is 34.9 Å². The quantitative estimate of drug-likeness (QED) is 0.431. The van der Waals surface area contributed by atoms with Crippen molar-refractivity contribution in [3.63, 3.8) is 0 Å². The summed E-state index contributed by atoms with van der Waals surface area (Å²) in [6.07, 6.45) is 1.87. The van der Waals surface area contributed by atoms with Crippen LogP contribution in [-0.2, 0) is 22.6 Å². The molecule has 8 heteroatoms. The molecule has 0 N–H and O–H groups in total. The third-order valence-electron chi connectivity index (χ3n) is 3.62. The van der Waals surface area contributed by atoms with E-state index in [9.17, 15) is 9.90 Å². The smallest absolute Gasteiger partial charge is 0.189 e. The number of hydrogen-bond acceptors (Lipinski definition) is 8. The van der Waals surface area contributed by atoms with Gasteiger partial charge in [-0.25, -0.2) is 9.97 Å². The number of carboxylic acids is 1. The van der Waals surface area contributed by atoms with Crippen molar-refractivity contribution >= 4 is 51.0 Å². The first-order chi connectivity index (χ1) is 11.4. The van der Waals surface area contributed by atoms with Gasteiger partial charge in [0.1, 0.15) is 5.03 Å². The van der Waals surface area contributed by atoms with Gasteiger partial charge in [0.25, 0.3) is 0 Å². The highest BCUT2D eigenvalue weighted by Gasteiger charge is 2.30. The first kappa shape index (κ1) is 18.0. The molecule has 3 rings (SSSR count). The Balaban J connectivity index is 2.06. The second kappa shape index (κ2) is 7.19. The minimum Gasteiger partial charge on any atom is -0.549 e. The highest BCUT2D eigenvalue weighted by atomic mass is 32.2. The number of aliphatic carboxylic acids is 1. The summed E-state index contributed by atoms with van der Waals surface area (Å²) in [6, 6.07) is 0. The van der Waals surface area contributed by atoms with Crippen LogP contribution in [0.5, 0.6) is 0 Å². The topological polar surface area (TPSA) is 75.1 Å². The van der Waals surface area contributed by atoms with E-state index in [1.807, 2.05) is 0 Å². The molecule has 2 aromatic heterocycles. The van der Waals surface area contributed by atoms with E-state index in [2.05, 4.69) is 25.8 Å². The minimum absolute atomic E-state index is 0.103. The summed E-state index contributed by atoms with van der Waals surface area (Å²) in [5.41, 5.74) is 1.87. The van der Waals surface area contributed by atoms with Gasteiger partial charge in [-0.1, -0.05) is 30.4 Å². The predicted molar refractivity (Wildman–Crippen MR) is 96.7 cm³/mol. The van der Waals surface area contributed by atoms with Crippen molar-refractivity contribution in [3.05, 3.63) is 10.4 Å². The summed E-state index contributed by atoms with van der Waals surface area (Å²) in [5, 5.41) is 12.3. The van der Waals surface area contributed by atoms with Crippen molar-refractivity contribution in [1.82, 2.24) is 9.97 Å². The van der Waals surface area contributed by atoms with Crippen molar-refractivity contribution in [2.24, 2.45) is 0 Å². The summed E-state index contributed by atoms with van der Waals surface area (Å²) in [5.74, 6) is -0.249. The average molecular weight is 384 g/mol. The van der Waals surface area contributed by atoms with E-state index in [0.717, 1.165) is 39.4 Å². The molecule has 1 aliphatic heterocycles. The molecule has 0 aromatic carbocycles. The number of nitrogens with zero attached hydrogens (tertiary/aromatic N) is 2. The van der Waals surface area contributed by atoms with Crippen LogP contribution < -0.4 is 5.11 Å². The Morgan fingerprint density at radius 3 is 2.88 bits per heavy atom. The number of carbonyl (C=O) groups is 1. The number of carboxylic acid groups (broad SMARTS) is 1. The van der Waals surface area contributed by atoms with Crippen molar-refractivity contribution in [3.8, 4) is 0 Å². The van der Waals surface area contributed by atoms with Gasteiger partial charge >= 0.3 is 0 Å². The van der Waals surface area contributed by atoms with Gasteiger partial charge in [-0.3, -0.25) is 0 Å². The molecule has 24 heavy (non-hydrogen) atoms. The van der Waals surface area contributed by atoms with Crippen LogP contribution in [-0.4, -0.2) is 33.0 Å². The van der Waals surface area contributed by atoms with Crippen LogP contribution in [0.4, 0.5) is 0 Å². The molecule has 0 aliphatic carbocycles. The van der Waals surface area contributed by atoms with E-state index in [-0.39, 0.29) is 11.4 Å². The Morgan fingerprint density at radius 2 is 2.17 bits per heavy atom. The molecule has 5 nitrogen and oxygen atoms in total. The van der Waals surface area contributed by atoms with E-state index in [1.54, 1.807) is 23.1 Å². The van der Waals surface area contributed by atoms with E-state index in [4.69, 9.17) is 9.72 Å². The average Bonchev–Trinajstić information content (AvgIpc) is 2.86. The van der Waals surface area contributed by atoms with E-state index in [0.29, 0.717) is 11.8 Å². The molecule has 0 fully saturated rings. The zero-order chi connectivity index (χ0) is 17.3. The molecule has 0 saturated heterocycles. The van der Waals surface area contributed by atoms with Crippen LogP contribution in [0.15, 0.2) is 10.2 Å². The number of carbonyl (C=O) groups excluding carboxylic acids is 1. The van der Waals surface area contributed by atoms with Crippen molar-refractivity contribution in [2.45, 2.75) is 56.0 Å². The second-order valence-electron chi connectivity index (χ2n) is 6.23. The van der Waals surface area contributed by atoms with Gasteiger partial charge < -0.3 is 14.6 Å². The Hall–Kier alpha value is -0.830. The Labute approximate surface area is 153 Å².